The van der Waals surface area contributed by atoms with E-state index >= 15 is 0 Å². The van der Waals surface area contributed by atoms with Crippen LogP contribution in [0.1, 0.15) is 46.5 Å². The number of nitrogens with zero attached hydrogens (tertiary/aromatic N) is 4. The van der Waals surface area contributed by atoms with Crippen LogP contribution in [0.3, 0.4) is 0 Å². The number of likely N-dealkylation sites (N-methyl/N-ethyl adjacent to an activating group) is 1. The lowest BCUT2D eigenvalue weighted by Crippen LogP contribution is -2.25. The minimum atomic E-state index is -0.122. The van der Waals surface area contributed by atoms with Crippen LogP contribution < -0.4 is 5.32 Å². The number of carbonyl (C=O) groups is 1. The number of thiophene rings is 1. The number of thiazole rings is 1. The first-order valence-electron chi connectivity index (χ1n) is 10.5. The first-order chi connectivity index (χ1) is 14.9. The van der Waals surface area contributed by atoms with Gasteiger partial charge in [-0.05, 0) is 58.0 Å². The van der Waals surface area contributed by atoms with Crippen LogP contribution in [-0.2, 0) is 13.0 Å². The summed E-state index contributed by atoms with van der Waals surface area (Å²) in [5, 5.41) is 9.58. The molecule has 1 aromatic carbocycles. The Hall–Kier alpha value is -2.55. The molecule has 0 atom stereocenters. The molecule has 1 amide bonds. The summed E-state index contributed by atoms with van der Waals surface area (Å²) < 4.78 is 2.96. The highest BCUT2D eigenvalue weighted by atomic mass is 32.1. The molecule has 3 aromatic heterocycles. The van der Waals surface area contributed by atoms with Gasteiger partial charge in [0.15, 0.2) is 0 Å². The van der Waals surface area contributed by atoms with Crippen LogP contribution in [0.4, 0.5) is 5.00 Å². The fraction of sp³-hybridized carbons (Fsp3) is 0.348. The highest BCUT2D eigenvalue weighted by molar-refractivity contribution is 7.22. The average Bonchev–Trinajstić information content (AvgIpc) is 3.41. The summed E-state index contributed by atoms with van der Waals surface area (Å²) in [7, 11) is 2.14. The summed E-state index contributed by atoms with van der Waals surface area (Å²) in [6.07, 6.45) is 0.965. The van der Waals surface area contributed by atoms with Crippen molar-refractivity contribution in [3.63, 3.8) is 0 Å². The van der Waals surface area contributed by atoms with Crippen molar-refractivity contribution in [1.29, 1.82) is 0 Å². The third-order valence-electron chi connectivity index (χ3n) is 5.56. The highest BCUT2D eigenvalue weighted by Gasteiger charge is 2.27. The van der Waals surface area contributed by atoms with E-state index in [2.05, 4.69) is 28.4 Å². The Kier molecular flexibility index (Phi) is 5.16. The number of hydrogen-bond acceptors (Lipinski definition) is 6. The molecule has 0 aliphatic carbocycles. The van der Waals surface area contributed by atoms with E-state index < -0.39 is 0 Å². The van der Waals surface area contributed by atoms with Crippen LogP contribution in [-0.4, -0.2) is 39.2 Å². The number of fused-ring (bicyclic) bond motifs is 2. The topological polar surface area (TPSA) is 63.1 Å². The van der Waals surface area contributed by atoms with Crippen molar-refractivity contribution in [2.24, 2.45) is 0 Å². The number of para-hydroxylation sites is 1. The Balaban J connectivity index is 1.59. The van der Waals surface area contributed by atoms with Crippen molar-refractivity contribution in [2.75, 3.05) is 18.9 Å². The number of benzene rings is 1. The number of aryl methyl sites for hydroxylation is 1. The summed E-state index contributed by atoms with van der Waals surface area (Å²) in [6.45, 7) is 7.90. The van der Waals surface area contributed by atoms with Crippen molar-refractivity contribution in [1.82, 2.24) is 19.7 Å². The molecule has 1 aliphatic heterocycles. The van der Waals surface area contributed by atoms with Crippen LogP contribution in [0.5, 0.6) is 0 Å². The number of hydrogen-bond donors (Lipinski definition) is 1. The zero-order chi connectivity index (χ0) is 21.7. The van der Waals surface area contributed by atoms with E-state index in [0.717, 1.165) is 51.0 Å². The molecule has 8 heteroatoms. The molecule has 4 heterocycles. The molecule has 6 nitrogen and oxygen atoms in total. The Morgan fingerprint density at radius 2 is 2.03 bits per heavy atom. The molecular formula is C23H25N5OS2. The van der Waals surface area contributed by atoms with E-state index in [1.807, 2.05) is 45.0 Å². The molecule has 160 valence electrons. The molecule has 0 radical (unpaired) electrons. The molecule has 31 heavy (non-hydrogen) atoms. The van der Waals surface area contributed by atoms with Gasteiger partial charge < -0.3 is 10.2 Å². The third kappa shape index (κ3) is 3.69. The average molecular weight is 452 g/mol. The smallest absolute Gasteiger partial charge is 0.274 e. The fourth-order valence-electron chi connectivity index (χ4n) is 4.07. The maximum absolute atomic E-state index is 13.3. The van der Waals surface area contributed by atoms with Gasteiger partial charge in [-0.15, -0.1) is 22.7 Å². The van der Waals surface area contributed by atoms with E-state index in [9.17, 15) is 4.79 Å². The number of carbonyl (C=O) groups excluding carboxylic acids is 1. The summed E-state index contributed by atoms with van der Waals surface area (Å²) >= 11 is 3.37. The van der Waals surface area contributed by atoms with Gasteiger partial charge in [-0.25, -0.2) is 4.98 Å². The normalized spacial score (nSPS) is 14.4. The maximum atomic E-state index is 13.3. The maximum Gasteiger partial charge on any atom is 0.274 e. The minimum Gasteiger partial charge on any atom is -0.312 e. The zero-order valence-electron chi connectivity index (χ0n) is 18.1. The van der Waals surface area contributed by atoms with Gasteiger partial charge in [-0.1, -0.05) is 12.1 Å². The van der Waals surface area contributed by atoms with Gasteiger partial charge in [0.2, 0.25) is 0 Å². The van der Waals surface area contributed by atoms with Crippen LogP contribution in [0.2, 0.25) is 0 Å². The molecule has 0 saturated heterocycles. The largest absolute Gasteiger partial charge is 0.312 e. The first kappa shape index (κ1) is 20.4. The second-order valence-electron chi connectivity index (χ2n) is 8.35. The van der Waals surface area contributed by atoms with Crippen molar-refractivity contribution in [3.8, 4) is 10.6 Å². The molecule has 0 fully saturated rings. The fourth-order valence-corrected chi connectivity index (χ4v) is 6.51. The Morgan fingerprint density at radius 3 is 2.81 bits per heavy atom. The number of nitrogens with one attached hydrogen (secondary N) is 1. The number of anilines is 1. The molecule has 0 saturated carbocycles. The Morgan fingerprint density at radius 1 is 1.23 bits per heavy atom. The Bertz CT molecular complexity index is 1250. The summed E-state index contributed by atoms with van der Waals surface area (Å²) in [6, 6.07) is 10.2. The van der Waals surface area contributed by atoms with Gasteiger partial charge in [0.25, 0.3) is 5.91 Å². The molecule has 0 unspecified atom stereocenters. The number of amides is 1. The SMILES string of the molecule is Cc1cc(C(=O)Nc2sc3c(c2-c2nc4ccccc4s2)CCN(C)C3)n(C(C)C)n1. The van der Waals surface area contributed by atoms with E-state index in [1.54, 1.807) is 27.4 Å². The van der Waals surface area contributed by atoms with Gasteiger partial charge in [-0.2, -0.15) is 5.10 Å². The predicted molar refractivity (Wildman–Crippen MR) is 128 cm³/mol. The highest BCUT2D eigenvalue weighted by Crippen LogP contribution is 2.45. The quantitative estimate of drug-likeness (QED) is 0.454. The number of rotatable bonds is 4. The van der Waals surface area contributed by atoms with Crippen molar-refractivity contribution >= 4 is 43.8 Å². The van der Waals surface area contributed by atoms with Gasteiger partial charge in [0.05, 0.1) is 15.9 Å². The molecule has 1 N–H and O–H groups in total. The zero-order valence-corrected chi connectivity index (χ0v) is 19.7. The van der Waals surface area contributed by atoms with Gasteiger partial charge in [0.1, 0.15) is 15.7 Å². The molecule has 4 aromatic rings. The van der Waals surface area contributed by atoms with E-state index in [0.29, 0.717) is 5.69 Å². The lowest BCUT2D eigenvalue weighted by atomic mass is 10.0. The molecule has 0 spiro atoms. The van der Waals surface area contributed by atoms with E-state index in [1.165, 1.54) is 10.4 Å². The van der Waals surface area contributed by atoms with Gasteiger partial charge >= 0.3 is 0 Å². The van der Waals surface area contributed by atoms with Crippen LogP contribution >= 0.6 is 22.7 Å². The van der Waals surface area contributed by atoms with Gasteiger partial charge in [0, 0.05) is 29.6 Å². The molecular weight excluding hydrogens is 426 g/mol. The van der Waals surface area contributed by atoms with E-state index in [-0.39, 0.29) is 11.9 Å². The summed E-state index contributed by atoms with van der Waals surface area (Å²) in [5.74, 6) is -0.122. The summed E-state index contributed by atoms with van der Waals surface area (Å²) in [5.41, 5.74) is 4.85. The third-order valence-corrected chi connectivity index (χ3v) is 7.75. The second-order valence-corrected chi connectivity index (χ2v) is 10.5. The van der Waals surface area contributed by atoms with Crippen molar-refractivity contribution < 1.29 is 4.79 Å². The van der Waals surface area contributed by atoms with Crippen molar-refractivity contribution in [3.05, 3.63) is 52.2 Å². The monoisotopic (exact) mass is 451 g/mol. The predicted octanol–water partition coefficient (Wildman–Crippen LogP) is 5.35. The van der Waals surface area contributed by atoms with Gasteiger partial charge in [-0.3, -0.25) is 9.48 Å². The standard InChI is InChI=1S/C23H25N5OS2/c1-13(2)28-17(11-14(3)26-28)21(29)25-23-20(15-9-10-27(4)12-19(15)31-23)22-24-16-7-5-6-8-18(16)30-22/h5-8,11,13H,9-10,12H2,1-4H3,(H,25,29). The van der Waals surface area contributed by atoms with Crippen molar-refractivity contribution in [2.45, 2.75) is 39.8 Å². The van der Waals surface area contributed by atoms with E-state index in [4.69, 9.17) is 4.98 Å². The lowest BCUT2D eigenvalue weighted by molar-refractivity contribution is 0.101. The van der Waals surface area contributed by atoms with Crippen LogP contribution in [0, 0.1) is 6.92 Å². The van der Waals surface area contributed by atoms with Crippen LogP contribution in [0.15, 0.2) is 30.3 Å². The second kappa shape index (κ2) is 7.85. The molecule has 0 bridgehead atoms. The minimum absolute atomic E-state index is 0.114. The van der Waals surface area contributed by atoms with Crippen LogP contribution in [0.25, 0.3) is 20.8 Å². The molecule has 5 rings (SSSR count). The number of aromatic nitrogens is 3. The summed E-state index contributed by atoms with van der Waals surface area (Å²) in [4.78, 5) is 21.8. The lowest BCUT2D eigenvalue weighted by Gasteiger charge is -2.22. The Labute approximate surface area is 189 Å². The first-order valence-corrected chi connectivity index (χ1v) is 12.1. The molecule has 1 aliphatic rings.